The van der Waals surface area contributed by atoms with Gasteiger partial charge in [0.2, 0.25) is 0 Å². The Balaban J connectivity index is 2.39. The summed E-state index contributed by atoms with van der Waals surface area (Å²) in [5.41, 5.74) is -2.00. The van der Waals surface area contributed by atoms with Gasteiger partial charge in [0.05, 0.1) is 18.6 Å². The van der Waals surface area contributed by atoms with Crippen LogP contribution in [0, 0.1) is 0 Å². The van der Waals surface area contributed by atoms with Gasteiger partial charge in [0, 0.05) is 19.3 Å². The zero-order chi connectivity index (χ0) is 18.5. The molecule has 0 atom stereocenters. The van der Waals surface area contributed by atoms with Gasteiger partial charge in [-0.15, -0.1) is 5.06 Å². The van der Waals surface area contributed by atoms with Gasteiger partial charge < -0.3 is 14.7 Å². The summed E-state index contributed by atoms with van der Waals surface area (Å²) in [4.78, 5) is 51.2. The van der Waals surface area contributed by atoms with Crippen LogP contribution in [-0.2, 0) is 28.8 Å². The third-order valence-electron chi connectivity index (χ3n) is 3.60. The van der Waals surface area contributed by atoms with Crippen LogP contribution in [-0.4, -0.2) is 51.5 Å². The Bertz CT molecular complexity index is 503. The highest BCUT2D eigenvalue weighted by Gasteiger charge is 2.34. The van der Waals surface area contributed by atoms with Gasteiger partial charge >= 0.3 is 5.97 Å². The van der Waals surface area contributed by atoms with E-state index in [0.29, 0.717) is 11.5 Å². The molecule has 0 aliphatic carbocycles. The molecule has 0 saturated carbocycles. The molecule has 0 bridgehead atoms. The molecule has 1 aliphatic heterocycles. The Morgan fingerprint density at radius 3 is 2.12 bits per heavy atom. The molecule has 0 aromatic heterocycles. The predicted molar refractivity (Wildman–Crippen MR) is 82.4 cm³/mol. The van der Waals surface area contributed by atoms with Crippen LogP contribution in [0.3, 0.4) is 0 Å². The van der Waals surface area contributed by atoms with Crippen LogP contribution in [0.4, 0.5) is 0 Å². The van der Waals surface area contributed by atoms with Crippen LogP contribution in [0.25, 0.3) is 0 Å². The number of hydrogen-bond acceptors (Lipinski definition) is 7. The molecule has 0 unspecified atom stereocenters. The Morgan fingerprint density at radius 1 is 1.08 bits per heavy atom. The highest BCUT2D eigenvalue weighted by molar-refractivity contribution is 6.01. The molecule has 8 nitrogen and oxygen atoms in total. The summed E-state index contributed by atoms with van der Waals surface area (Å²) in [5.74, 6) is -2.25. The predicted octanol–water partition coefficient (Wildman–Crippen LogP) is 0.899. The largest absolute Gasteiger partial charge is 0.390 e. The minimum absolute atomic E-state index is 0.0210. The van der Waals surface area contributed by atoms with Crippen molar-refractivity contribution < 1.29 is 33.9 Å². The number of hydrogen-bond donors (Lipinski definition) is 1. The van der Waals surface area contributed by atoms with Gasteiger partial charge in [-0.25, -0.2) is 4.79 Å². The summed E-state index contributed by atoms with van der Waals surface area (Å²) in [6, 6.07) is 0. The van der Waals surface area contributed by atoms with E-state index in [0.717, 1.165) is 0 Å². The van der Waals surface area contributed by atoms with Crippen LogP contribution >= 0.6 is 0 Å². The zero-order valence-corrected chi connectivity index (χ0v) is 14.6. The number of rotatable bonds is 9. The molecule has 1 fully saturated rings. The third-order valence-corrected chi connectivity index (χ3v) is 3.60. The van der Waals surface area contributed by atoms with Gasteiger partial charge in [0.25, 0.3) is 11.8 Å². The van der Waals surface area contributed by atoms with Crippen molar-refractivity contribution in [3.63, 3.8) is 0 Å². The molecule has 0 spiro atoms. The van der Waals surface area contributed by atoms with Crippen molar-refractivity contribution in [2.24, 2.45) is 0 Å². The topological polar surface area (TPSA) is 110 Å². The van der Waals surface area contributed by atoms with Crippen molar-refractivity contribution in [3.05, 3.63) is 0 Å². The number of nitrogens with zero attached hydrogens (tertiary/aromatic N) is 1. The standard InChI is InChI=1S/C16H25NO7/c1-15(2,22)9-10-23-16(3,4)11(18)5-8-14(21)24-17-12(19)6-7-13(17)20/h22H,5-10H2,1-4H3. The van der Waals surface area contributed by atoms with Crippen molar-refractivity contribution in [2.75, 3.05) is 6.61 Å². The number of amides is 2. The Kier molecular flexibility index (Phi) is 6.62. The van der Waals surface area contributed by atoms with E-state index in [4.69, 9.17) is 9.57 Å². The fourth-order valence-corrected chi connectivity index (χ4v) is 1.96. The zero-order valence-electron chi connectivity index (χ0n) is 14.6. The second-order valence-electron chi connectivity index (χ2n) is 6.89. The lowest BCUT2D eigenvalue weighted by molar-refractivity contribution is -0.197. The van der Waals surface area contributed by atoms with Gasteiger partial charge in [0.1, 0.15) is 5.60 Å². The van der Waals surface area contributed by atoms with Crippen LogP contribution in [0.1, 0.15) is 59.8 Å². The number of carbonyl (C=O) groups is 4. The first-order valence-electron chi connectivity index (χ1n) is 7.88. The molecule has 1 rings (SSSR count). The van der Waals surface area contributed by atoms with Gasteiger partial charge in [0.15, 0.2) is 5.78 Å². The van der Waals surface area contributed by atoms with E-state index >= 15 is 0 Å². The summed E-state index contributed by atoms with van der Waals surface area (Å²) < 4.78 is 5.49. The Hall–Kier alpha value is -1.80. The lowest BCUT2D eigenvalue weighted by Gasteiger charge is -2.26. The first-order chi connectivity index (χ1) is 10.9. The summed E-state index contributed by atoms with van der Waals surface area (Å²) in [7, 11) is 0. The van der Waals surface area contributed by atoms with Crippen molar-refractivity contribution >= 4 is 23.6 Å². The fraction of sp³-hybridized carbons (Fsp3) is 0.750. The molecular formula is C16H25NO7. The number of hydroxylamine groups is 2. The SMILES string of the molecule is CC(C)(O)CCOC(C)(C)C(=O)CCC(=O)ON1C(=O)CCC1=O. The first-order valence-corrected chi connectivity index (χ1v) is 7.88. The monoisotopic (exact) mass is 343 g/mol. The van der Waals surface area contributed by atoms with Crippen LogP contribution < -0.4 is 0 Å². The Morgan fingerprint density at radius 2 is 1.62 bits per heavy atom. The second kappa shape index (κ2) is 7.85. The molecular weight excluding hydrogens is 318 g/mol. The maximum Gasteiger partial charge on any atom is 0.333 e. The van der Waals surface area contributed by atoms with E-state index in [2.05, 4.69) is 0 Å². The highest BCUT2D eigenvalue weighted by Crippen LogP contribution is 2.18. The number of ether oxygens (including phenoxy) is 1. The summed E-state index contributed by atoms with van der Waals surface area (Å²) >= 11 is 0. The molecule has 1 N–H and O–H groups in total. The number of ketones is 1. The van der Waals surface area contributed by atoms with E-state index in [1.165, 1.54) is 0 Å². The van der Waals surface area contributed by atoms with Crippen molar-refractivity contribution in [2.45, 2.75) is 71.0 Å². The molecule has 1 aliphatic rings. The molecule has 1 heterocycles. The van der Waals surface area contributed by atoms with Gasteiger partial charge in [-0.3, -0.25) is 14.4 Å². The van der Waals surface area contributed by atoms with Gasteiger partial charge in [-0.05, 0) is 34.1 Å². The molecule has 136 valence electrons. The van der Waals surface area contributed by atoms with E-state index < -0.39 is 29.0 Å². The van der Waals surface area contributed by atoms with E-state index in [9.17, 15) is 24.3 Å². The fourth-order valence-electron chi connectivity index (χ4n) is 1.96. The smallest absolute Gasteiger partial charge is 0.333 e. The second-order valence-corrected chi connectivity index (χ2v) is 6.89. The maximum absolute atomic E-state index is 12.1. The van der Waals surface area contributed by atoms with Crippen LogP contribution in [0.15, 0.2) is 0 Å². The average Bonchev–Trinajstić information content (AvgIpc) is 2.74. The summed E-state index contributed by atoms with van der Waals surface area (Å²) in [5, 5.41) is 10.1. The summed E-state index contributed by atoms with van der Waals surface area (Å²) in [6.45, 7) is 6.64. The maximum atomic E-state index is 12.1. The van der Waals surface area contributed by atoms with Crippen molar-refractivity contribution in [1.29, 1.82) is 0 Å². The lowest BCUT2D eigenvalue weighted by atomic mass is 9.99. The molecule has 2 amide bonds. The number of aliphatic hydroxyl groups is 1. The summed E-state index contributed by atoms with van der Waals surface area (Å²) in [6.07, 6.45) is 0.0178. The lowest BCUT2D eigenvalue weighted by Crippen LogP contribution is -2.37. The van der Waals surface area contributed by atoms with E-state index in [1.54, 1.807) is 27.7 Å². The number of imide groups is 1. The minimum atomic E-state index is -1.11. The van der Waals surface area contributed by atoms with Crippen molar-refractivity contribution in [3.8, 4) is 0 Å². The van der Waals surface area contributed by atoms with Crippen LogP contribution in [0.2, 0.25) is 0 Å². The Labute approximate surface area is 141 Å². The molecule has 1 saturated heterocycles. The van der Waals surface area contributed by atoms with Crippen molar-refractivity contribution in [1.82, 2.24) is 5.06 Å². The molecule has 0 aromatic carbocycles. The number of Topliss-reactive ketones (excluding diaryl/α,β-unsaturated/α-hetero) is 1. The minimum Gasteiger partial charge on any atom is -0.390 e. The molecule has 0 aromatic rings. The van der Waals surface area contributed by atoms with Gasteiger partial charge in [-0.1, -0.05) is 0 Å². The molecule has 24 heavy (non-hydrogen) atoms. The quantitative estimate of drug-likeness (QED) is 0.619. The third kappa shape index (κ3) is 6.37. The van der Waals surface area contributed by atoms with Crippen LogP contribution in [0.5, 0.6) is 0 Å². The van der Waals surface area contributed by atoms with E-state index in [-0.39, 0.29) is 38.1 Å². The van der Waals surface area contributed by atoms with Gasteiger partial charge in [-0.2, -0.15) is 0 Å². The number of carbonyl (C=O) groups excluding carboxylic acids is 4. The molecule has 0 radical (unpaired) electrons. The normalized spacial score (nSPS) is 15.8. The molecule has 8 heteroatoms. The highest BCUT2D eigenvalue weighted by atomic mass is 16.7. The van der Waals surface area contributed by atoms with E-state index in [1.807, 2.05) is 0 Å². The first kappa shape index (κ1) is 20.2. The average molecular weight is 343 g/mol.